The fraction of sp³-hybridized carbons (Fsp3) is 0.625. The van der Waals surface area contributed by atoms with Gasteiger partial charge in [0.2, 0.25) is 10.0 Å². The van der Waals surface area contributed by atoms with E-state index in [0.29, 0.717) is 5.56 Å². The molecule has 0 spiro atoms. The van der Waals surface area contributed by atoms with E-state index in [0.717, 1.165) is 5.56 Å². The van der Waals surface area contributed by atoms with Crippen LogP contribution in [0.5, 0.6) is 0 Å². The summed E-state index contributed by atoms with van der Waals surface area (Å²) in [6.07, 6.45) is -0.560. The van der Waals surface area contributed by atoms with Crippen LogP contribution in [-0.4, -0.2) is 37.4 Å². The van der Waals surface area contributed by atoms with Crippen molar-refractivity contribution in [3.63, 3.8) is 0 Å². The third kappa shape index (κ3) is 5.05. The average molecular weight is 329 g/mol. The number of hydrogen-bond donors (Lipinski definition) is 3. The number of rotatable bonds is 6. The largest absolute Gasteiger partial charge is 0.395 e. The summed E-state index contributed by atoms with van der Waals surface area (Å²) in [5.74, 6) is 0. The van der Waals surface area contributed by atoms with E-state index in [9.17, 15) is 18.6 Å². The molecule has 0 amide bonds. The number of aliphatic hydroxyl groups excluding tert-OH is 2. The van der Waals surface area contributed by atoms with Crippen LogP contribution in [0.15, 0.2) is 23.1 Å². The molecule has 1 aromatic rings. The van der Waals surface area contributed by atoms with Crippen molar-refractivity contribution >= 4 is 10.0 Å². The average Bonchev–Trinajstić information content (AvgIpc) is 2.39. The molecule has 0 aromatic heterocycles. The molecule has 0 aliphatic rings. The Bertz CT molecular complexity index is 605. The van der Waals surface area contributed by atoms with Gasteiger partial charge in [0, 0.05) is 6.04 Å². The minimum Gasteiger partial charge on any atom is -0.395 e. The van der Waals surface area contributed by atoms with Crippen LogP contribution in [0.1, 0.15) is 38.3 Å². The van der Waals surface area contributed by atoms with Crippen LogP contribution < -0.4 is 4.72 Å². The quantitative estimate of drug-likeness (QED) is 0.742. The Labute approximate surface area is 133 Å². The summed E-state index contributed by atoms with van der Waals surface area (Å²) in [6.45, 7) is 8.79. The predicted molar refractivity (Wildman–Crippen MR) is 87.2 cm³/mol. The maximum atomic E-state index is 12.5. The first-order valence-electron chi connectivity index (χ1n) is 7.36. The van der Waals surface area contributed by atoms with Gasteiger partial charge in [0.05, 0.1) is 17.6 Å². The summed E-state index contributed by atoms with van der Waals surface area (Å²) in [6, 6.07) is 4.48. The molecule has 1 rings (SSSR count). The molecule has 0 aliphatic carbocycles. The third-order valence-electron chi connectivity index (χ3n) is 3.68. The van der Waals surface area contributed by atoms with Crippen molar-refractivity contribution in [2.75, 3.05) is 6.61 Å². The van der Waals surface area contributed by atoms with Crippen molar-refractivity contribution in [3.05, 3.63) is 29.3 Å². The van der Waals surface area contributed by atoms with Crippen molar-refractivity contribution < 1.29 is 18.6 Å². The highest BCUT2D eigenvalue weighted by Gasteiger charge is 2.28. The van der Waals surface area contributed by atoms with E-state index in [1.54, 1.807) is 19.1 Å². The van der Waals surface area contributed by atoms with Gasteiger partial charge in [0.1, 0.15) is 0 Å². The van der Waals surface area contributed by atoms with Crippen LogP contribution in [0.2, 0.25) is 0 Å². The molecule has 22 heavy (non-hydrogen) atoms. The van der Waals surface area contributed by atoms with Crippen molar-refractivity contribution in [1.82, 2.24) is 4.72 Å². The van der Waals surface area contributed by atoms with Crippen molar-refractivity contribution in [1.29, 1.82) is 0 Å². The molecular weight excluding hydrogens is 302 g/mol. The van der Waals surface area contributed by atoms with Crippen molar-refractivity contribution in [3.8, 4) is 0 Å². The highest BCUT2D eigenvalue weighted by atomic mass is 32.2. The van der Waals surface area contributed by atoms with Gasteiger partial charge in [-0.25, -0.2) is 13.1 Å². The minimum absolute atomic E-state index is 0.157. The van der Waals surface area contributed by atoms with E-state index in [1.807, 2.05) is 33.8 Å². The maximum absolute atomic E-state index is 12.5. The van der Waals surface area contributed by atoms with Gasteiger partial charge in [-0.15, -0.1) is 0 Å². The number of aliphatic hydroxyl groups is 2. The SMILES string of the molecule is Cc1ccc(C)c(S(=O)(=O)N[C@H](CO)C[C@H](O)C(C)(C)C)c1. The lowest BCUT2D eigenvalue weighted by Gasteiger charge is -2.29. The van der Waals surface area contributed by atoms with Crippen LogP contribution in [0.3, 0.4) is 0 Å². The van der Waals surface area contributed by atoms with Crippen LogP contribution >= 0.6 is 0 Å². The second-order valence-corrected chi connectivity index (χ2v) is 8.57. The molecule has 126 valence electrons. The highest BCUT2D eigenvalue weighted by Crippen LogP contribution is 2.23. The number of nitrogens with one attached hydrogen (secondary N) is 1. The molecule has 2 atom stereocenters. The molecule has 0 heterocycles. The molecule has 6 heteroatoms. The van der Waals surface area contributed by atoms with Gasteiger partial charge in [-0.2, -0.15) is 0 Å². The van der Waals surface area contributed by atoms with E-state index in [-0.39, 0.29) is 23.3 Å². The lowest BCUT2D eigenvalue weighted by Crippen LogP contribution is -2.42. The highest BCUT2D eigenvalue weighted by molar-refractivity contribution is 7.89. The zero-order chi connectivity index (χ0) is 17.1. The lowest BCUT2D eigenvalue weighted by atomic mass is 9.86. The molecule has 0 fully saturated rings. The molecule has 0 saturated heterocycles. The monoisotopic (exact) mass is 329 g/mol. The Balaban J connectivity index is 2.96. The molecule has 5 nitrogen and oxygen atoms in total. The number of aryl methyl sites for hydroxylation is 2. The molecular formula is C16H27NO4S. The van der Waals surface area contributed by atoms with Gasteiger partial charge in [-0.3, -0.25) is 0 Å². The van der Waals surface area contributed by atoms with Gasteiger partial charge < -0.3 is 10.2 Å². The van der Waals surface area contributed by atoms with Crippen molar-refractivity contribution in [2.24, 2.45) is 5.41 Å². The van der Waals surface area contributed by atoms with Crippen LogP contribution in [-0.2, 0) is 10.0 Å². The fourth-order valence-electron chi connectivity index (χ4n) is 2.06. The standard InChI is InChI=1S/C16H27NO4S/c1-11-6-7-12(2)14(8-11)22(20,21)17-13(10-18)9-15(19)16(3,4)5/h6-8,13,15,17-19H,9-10H2,1-5H3/t13-,15-/m0/s1. The molecule has 0 saturated carbocycles. The smallest absolute Gasteiger partial charge is 0.241 e. The molecule has 0 unspecified atom stereocenters. The van der Waals surface area contributed by atoms with E-state index in [2.05, 4.69) is 4.72 Å². The minimum atomic E-state index is -3.74. The van der Waals surface area contributed by atoms with Gasteiger partial charge in [-0.05, 0) is 42.9 Å². The third-order valence-corrected chi connectivity index (χ3v) is 5.35. The lowest BCUT2D eigenvalue weighted by molar-refractivity contribution is 0.0420. The number of hydrogen-bond acceptors (Lipinski definition) is 4. The second-order valence-electron chi connectivity index (χ2n) is 6.89. The van der Waals surface area contributed by atoms with E-state index in [1.165, 1.54) is 0 Å². The van der Waals surface area contributed by atoms with Gasteiger partial charge >= 0.3 is 0 Å². The van der Waals surface area contributed by atoms with Gasteiger partial charge in [-0.1, -0.05) is 32.9 Å². The number of sulfonamides is 1. The summed E-state index contributed by atoms with van der Waals surface area (Å²) < 4.78 is 27.5. The Hall–Kier alpha value is -0.950. The van der Waals surface area contributed by atoms with Crippen LogP contribution in [0, 0.1) is 19.3 Å². The predicted octanol–water partition coefficient (Wildman–Crippen LogP) is 1.74. The van der Waals surface area contributed by atoms with E-state index in [4.69, 9.17) is 0 Å². The second kappa shape index (κ2) is 7.08. The van der Waals surface area contributed by atoms with Crippen LogP contribution in [0.25, 0.3) is 0 Å². The zero-order valence-electron chi connectivity index (χ0n) is 13.9. The first-order valence-corrected chi connectivity index (χ1v) is 8.84. The zero-order valence-corrected chi connectivity index (χ0v) is 14.7. The summed E-state index contributed by atoms with van der Waals surface area (Å²) in [7, 11) is -3.74. The number of benzene rings is 1. The van der Waals surface area contributed by atoms with E-state index < -0.39 is 22.2 Å². The Morgan fingerprint density at radius 1 is 1.23 bits per heavy atom. The fourth-order valence-corrected chi connectivity index (χ4v) is 3.63. The summed E-state index contributed by atoms with van der Waals surface area (Å²) in [5.41, 5.74) is 1.12. The Morgan fingerprint density at radius 2 is 1.82 bits per heavy atom. The van der Waals surface area contributed by atoms with Crippen molar-refractivity contribution in [2.45, 2.75) is 58.1 Å². The molecule has 1 aromatic carbocycles. The first-order chi connectivity index (χ1) is 9.97. The Morgan fingerprint density at radius 3 is 2.32 bits per heavy atom. The topological polar surface area (TPSA) is 86.6 Å². The normalized spacial score (nSPS) is 15.6. The maximum Gasteiger partial charge on any atom is 0.241 e. The molecule has 0 bridgehead atoms. The molecule has 0 radical (unpaired) electrons. The van der Waals surface area contributed by atoms with Gasteiger partial charge in [0.25, 0.3) is 0 Å². The first kappa shape index (κ1) is 19.1. The summed E-state index contributed by atoms with van der Waals surface area (Å²) >= 11 is 0. The van der Waals surface area contributed by atoms with Gasteiger partial charge in [0.15, 0.2) is 0 Å². The van der Waals surface area contributed by atoms with E-state index >= 15 is 0 Å². The summed E-state index contributed by atoms with van der Waals surface area (Å²) in [5, 5.41) is 19.5. The molecule has 3 N–H and O–H groups in total. The molecule has 0 aliphatic heterocycles. The summed E-state index contributed by atoms with van der Waals surface area (Å²) in [4.78, 5) is 0.205. The Kier molecular flexibility index (Phi) is 6.15. The van der Waals surface area contributed by atoms with Crippen LogP contribution in [0.4, 0.5) is 0 Å².